The van der Waals surface area contributed by atoms with Crippen LogP contribution in [-0.2, 0) is 11.3 Å². The molecule has 1 fully saturated rings. The molecule has 2 aliphatic heterocycles. The first-order valence-corrected chi connectivity index (χ1v) is 7.91. The molecule has 2 aliphatic rings. The second-order valence-electron chi connectivity index (χ2n) is 6.03. The highest BCUT2D eigenvalue weighted by Gasteiger charge is 2.36. The molecule has 2 heterocycles. The van der Waals surface area contributed by atoms with Crippen LogP contribution in [0.3, 0.4) is 0 Å². The highest BCUT2D eigenvalue weighted by Crippen LogP contribution is 2.36. The maximum atomic E-state index is 12.1. The van der Waals surface area contributed by atoms with E-state index in [0.717, 1.165) is 13.0 Å². The number of hydrogen-bond donors (Lipinski definition) is 1. The fraction of sp³-hybridized carbons (Fsp3) is 0.588. The topological polar surface area (TPSA) is 32.3 Å². The Bertz CT molecular complexity index is 486. The average molecular weight is 272 g/mol. The SMILES string of the molecule is CCCC(=O)N[C@@H]1c2ccccc2CN2CCCC[C@H]12. The molecule has 1 amide bonds. The van der Waals surface area contributed by atoms with E-state index < -0.39 is 0 Å². The minimum absolute atomic E-state index is 0.180. The van der Waals surface area contributed by atoms with E-state index >= 15 is 0 Å². The second-order valence-corrected chi connectivity index (χ2v) is 6.03. The van der Waals surface area contributed by atoms with E-state index in [4.69, 9.17) is 0 Å². The molecule has 0 aromatic heterocycles. The predicted molar refractivity (Wildman–Crippen MR) is 80.3 cm³/mol. The summed E-state index contributed by atoms with van der Waals surface area (Å²) < 4.78 is 0. The van der Waals surface area contributed by atoms with Crippen molar-refractivity contribution in [2.45, 2.75) is 57.7 Å². The largest absolute Gasteiger partial charge is 0.348 e. The van der Waals surface area contributed by atoms with Crippen molar-refractivity contribution in [1.29, 1.82) is 0 Å². The minimum Gasteiger partial charge on any atom is -0.348 e. The third-order valence-electron chi connectivity index (χ3n) is 4.61. The van der Waals surface area contributed by atoms with Crippen molar-refractivity contribution in [3.05, 3.63) is 35.4 Å². The molecule has 2 atom stereocenters. The summed E-state index contributed by atoms with van der Waals surface area (Å²) in [6.07, 6.45) is 5.31. The maximum Gasteiger partial charge on any atom is 0.220 e. The molecule has 0 aliphatic carbocycles. The highest BCUT2D eigenvalue weighted by molar-refractivity contribution is 5.76. The van der Waals surface area contributed by atoms with E-state index in [1.165, 1.54) is 36.9 Å². The Balaban J connectivity index is 1.88. The van der Waals surface area contributed by atoms with Crippen LogP contribution in [0.2, 0.25) is 0 Å². The Morgan fingerprint density at radius 3 is 3.05 bits per heavy atom. The molecule has 0 unspecified atom stereocenters. The minimum atomic E-state index is 0.180. The number of carbonyl (C=O) groups is 1. The molecule has 20 heavy (non-hydrogen) atoms. The van der Waals surface area contributed by atoms with Crippen LogP contribution in [0, 0.1) is 0 Å². The third kappa shape index (κ3) is 2.59. The van der Waals surface area contributed by atoms with Gasteiger partial charge in [-0.05, 0) is 36.9 Å². The van der Waals surface area contributed by atoms with Crippen molar-refractivity contribution in [2.75, 3.05) is 6.54 Å². The normalized spacial score (nSPS) is 25.6. The van der Waals surface area contributed by atoms with Crippen LogP contribution in [0.5, 0.6) is 0 Å². The van der Waals surface area contributed by atoms with Crippen LogP contribution in [0.15, 0.2) is 24.3 Å². The van der Waals surface area contributed by atoms with Gasteiger partial charge in [0.15, 0.2) is 0 Å². The summed E-state index contributed by atoms with van der Waals surface area (Å²) in [7, 11) is 0. The van der Waals surface area contributed by atoms with Crippen molar-refractivity contribution in [3.8, 4) is 0 Å². The van der Waals surface area contributed by atoms with Gasteiger partial charge in [0.2, 0.25) is 5.91 Å². The summed E-state index contributed by atoms with van der Waals surface area (Å²) in [5.74, 6) is 0.194. The number of benzene rings is 1. The van der Waals surface area contributed by atoms with Crippen LogP contribution in [0.4, 0.5) is 0 Å². The lowest BCUT2D eigenvalue weighted by Crippen LogP contribution is -2.51. The molecular formula is C17H24N2O. The summed E-state index contributed by atoms with van der Waals surface area (Å²) in [4.78, 5) is 14.6. The highest BCUT2D eigenvalue weighted by atomic mass is 16.1. The first-order chi connectivity index (χ1) is 9.79. The van der Waals surface area contributed by atoms with Crippen molar-refractivity contribution < 1.29 is 4.79 Å². The fourth-order valence-electron chi connectivity index (χ4n) is 3.64. The quantitative estimate of drug-likeness (QED) is 0.917. The van der Waals surface area contributed by atoms with Crippen molar-refractivity contribution >= 4 is 5.91 Å². The Kier molecular flexibility index (Phi) is 4.06. The molecular weight excluding hydrogens is 248 g/mol. The predicted octanol–water partition coefficient (Wildman–Crippen LogP) is 3.01. The van der Waals surface area contributed by atoms with Gasteiger partial charge in [-0.25, -0.2) is 0 Å². The summed E-state index contributed by atoms with van der Waals surface area (Å²) in [5, 5.41) is 3.29. The van der Waals surface area contributed by atoms with Crippen molar-refractivity contribution in [1.82, 2.24) is 10.2 Å². The molecule has 0 saturated carbocycles. The Labute approximate surface area is 121 Å². The van der Waals surface area contributed by atoms with E-state index in [9.17, 15) is 4.79 Å². The van der Waals surface area contributed by atoms with Crippen LogP contribution >= 0.6 is 0 Å². The smallest absolute Gasteiger partial charge is 0.220 e. The number of nitrogens with one attached hydrogen (secondary N) is 1. The number of amides is 1. The van der Waals surface area contributed by atoms with Crippen LogP contribution in [0.25, 0.3) is 0 Å². The summed E-state index contributed by atoms with van der Waals surface area (Å²) in [6, 6.07) is 9.26. The second kappa shape index (κ2) is 5.96. The van der Waals surface area contributed by atoms with E-state index in [2.05, 4.69) is 41.4 Å². The molecule has 3 heteroatoms. The molecule has 1 aromatic rings. The van der Waals surface area contributed by atoms with Gasteiger partial charge in [0, 0.05) is 19.0 Å². The van der Waals surface area contributed by atoms with Crippen LogP contribution in [-0.4, -0.2) is 23.4 Å². The Hall–Kier alpha value is -1.35. The zero-order chi connectivity index (χ0) is 13.9. The zero-order valence-electron chi connectivity index (χ0n) is 12.3. The molecule has 1 N–H and O–H groups in total. The van der Waals surface area contributed by atoms with E-state index in [-0.39, 0.29) is 11.9 Å². The number of carbonyl (C=O) groups excluding carboxylic acids is 1. The molecule has 0 bridgehead atoms. The van der Waals surface area contributed by atoms with Gasteiger partial charge >= 0.3 is 0 Å². The number of rotatable bonds is 3. The summed E-state index contributed by atoms with van der Waals surface area (Å²) in [5.41, 5.74) is 2.72. The van der Waals surface area contributed by atoms with Crippen molar-refractivity contribution in [3.63, 3.8) is 0 Å². The molecule has 0 spiro atoms. The molecule has 3 nitrogen and oxygen atoms in total. The van der Waals surface area contributed by atoms with Gasteiger partial charge in [-0.2, -0.15) is 0 Å². The first kappa shape index (κ1) is 13.6. The molecule has 3 rings (SSSR count). The lowest BCUT2D eigenvalue weighted by atomic mass is 9.84. The van der Waals surface area contributed by atoms with Crippen LogP contribution < -0.4 is 5.32 Å². The maximum absolute atomic E-state index is 12.1. The van der Waals surface area contributed by atoms with E-state index in [0.29, 0.717) is 12.5 Å². The van der Waals surface area contributed by atoms with E-state index in [1.54, 1.807) is 0 Å². The van der Waals surface area contributed by atoms with Gasteiger partial charge in [-0.3, -0.25) is 9.69 Å². The monoisotopic (exact) mass is 272 g/mol. The van der Waals surface area contributed by atoms with Gasteiger partial charge in [0.1, 0.15) is 0 Å². The summed E-state index contributed by atoms with van der Waals surface area (Å²) in [6.45, 7) is 4.27. The lowest BCUT2D eigenvalue weighted by molar-refractivity contribution is -0.122. The average Bonchev–Trinajstić information content (AvgIpc) is 2.47. The van der Waals surface area contributed by atoms with Crippen molar-refractivity contribution in [2.24, 2.45) is 0 Å². The number of piperidine rings is 1. The standard InChI is InChI=1S/C17H24N2O/c1-2-7-16(20)18-17-14-9-4-3-8-13(14)12-19-11-6-5-10-15(17)19/h3-4,8-9,15,17H,2,5-7,10-12H2,1H3,(H,18,20)/t15-,17-/m1/s1. The fourth-order valence-corrected chi connectivity index (χ4v) is 3.64. The van der Waals surface area contributed by atoms with Gasteiger partial charge in [0.05, 0.1) is 6.04 Å². The lowest BCUT2D eigenvalue weighted by Gasteiger charge is -2.45. The van der Waals surface area contributed by atoms with Gasteiger partial charge in [-0.15, -0.1) is 0 Å². The zero-order valence-corrected chi connectivity index (χ0v) is 12.3. The summed E-state index contributed by atoms with van der Waals surface area (Å²) >= 11 is 0. The number of nitrogens with zero attached hydrogens (tertiary/aromatic N) is 1. The molecule has 1 aromatic carbocycles. The Morgan fingerprint density at radius 2 is 2.20 bits per heavy atom. The van der Waals surface area contributed by atoms with Gasteiger partial charge in [0.25, 0.3) is 0 Å². The van der Waals surface area contributed by atoms with Gasteiger partial charge < -0.3 is 5.32 Å². The Morgan fingerprint density at radius 1 is 1.35 bits per heavy atom. The van der Waals surface area contributed by atoms with Crippen LogP contribution in [0.1, 0.15) is 56.2 Å². The third-order valence-corrected chi connectivity index (χ3v) is 4.61. The number of hydrogen-bond acceptors (Lipinski definition) is 2. The number of fused-ring (bicyclic) bond motifs is 2. The van der Waals surface area contributed by atoms with E-state index in [1.807, 2.05) is 0 Å². The molecule has 1 saturated heterocycles. The van der Waals surface area contributed by atoms with Gasteiger partial charge in [-0.1, -0.05) is 37.6 Å². The molecule has 108 valence electrons. The first-order valence-electron chi connectivity index (χ1n) is 7.91. The molecule has 0 radical (unpaired) electrons.